The van der Waals surface area contributed by atoms with E-state index in [1.54, 1.807) is 25.1 Å². The third-order valence-corrected chi connectivity index (χ3v) is 6.55. The molecule has 0 bridgehead atoms. The monoisotopic (exact) mass is 428 g/mol. The van der Waals surface area contributed by atoms with Gasteiger partial charge in [-0.1, -0.05) is 6.07 Å². The number of nitrogens with zero attached hydrogens (tertiary/aromatic N) is 3. The van der Waals surface area contributed by atoms with Crippen molar-refractivity contribution in [3.63, 3.8) is 0 Å². The fourth-order valence-corrected chi connectivity index (χ4v) is 4.39. The Morgan fingerprint density at radius 3 is 2.52 bits per heavy atom. The highest BCUT2D eigenvalue weighted by Crippen LogP contribution is 2.37. The molecule has 1 aromatic rings. The fraction of sp³-hybridized carbons (Fsp3) is 0.591. The Labute approximate surface area is 181 Å². The minimum atomic E-state index is -1.16. The van der Waals surface area contributed by atoms with E-state index < -0.39 is 11.6 Å². The van der Waals surface area contributed by atoms with Gasteiger partial charge >= 0.3 is 6.03 Å². The lowest BCUT2D eigenvalue weighted by molar-refractivity contribution is -0.137. The first-order valence-electron chi connectivity index (χ1n) is 11.0. The largest absolute Gasteiger partial charge is 0.490 e. The molecule has 3 heterocycles. The maximum Gasteiger partial charge on any atom is 0.326 e. The molecule has 0 radical (unpaired) electrons. The molecule has 0 aromatic heterocycles. The second kappa shape index (κ2) is 7.71. The minimum absolute atomic E-state index is 0.216. The van der Waals surface area contributed by atoms with Crippen LogP contribution in [0.2, 0.25) is 0 Å². The Balaban J connectivity index is 1.26. The third kappa shape index (κ3) is 3.71. The van der Waals surface area contributed by atoms with Gasteiger partial charge in [0.1, 0.15) is 5.54 Å². The summed E-state index contributed by atoms with van der Waals surface area (Å²) in [5, 5.41) is 2.86. The number of hydrogen-bond donors (Lipinski definition) is 1. The number of fused-ring (bicyclic) bond motifs is 1. The zero-order chi connectivity index (χ0) is 21.6. The molecule has 1 N–H and O–H groups in total. The number of urea groups is 1. The van der Waals surface area contributed by atoms with Crippen molar-refractivity contribution < 1.29 is 23.9 Å². The molecule has 3 aliphatic heterocycles. The standard InChI is InChI=1S/C22H28N4O5/c1-22(16-5-6-17-18(13-16)31-12-2-11-30-17)20(28)26(21(29)23-22)14-24-7-9-25(10-8-24)19(27)15-3-4-15/h5-6,13,15H,2-4,7-12,14H2,1H3,(H,23,29)/t22-/m0/s1. The van der Waals surface area contributed by atoms with E-state index in [1.807, 2.05) is 9.80 Å². The molecule has 1 saturated carbocycles. The van der Waals surface area contributed by atoms with Crippen molar-refractivity contribution in [1.82, 2.24) is 20.0 Å². The van der Waals surface area contributed by atoms with Crippen molar-refractivity contribution in [3.05, 3.63) is 23.8 Å². The number of rotatable bonds is 4. The number of amides is 4. The van der Waals surface area contributed by atoms with Crippen LogP contribution in [-0.2, 0) is 15.1 Å². The molecule has 4 aliphatic rings. The van der Waals surface area contributed by atoms with Crippen molar-refractivity contribution in [1.29, 1.82) is 0 Å². The van der Waals surface area contributed by atoms with E-state index in [0.717, 1.165) is 19.3 Å². The van der Waals surface area contributed by atoms with Crippen molar-refractivity contribution in [2.75, 3.05) is 46.1 Å². The van der Waals surface area contributed by atoms with Crippen LogP contribution in [-0.4, -0.2) is 78.6 Å². The molecule has 9 heteroatoms. The second-order valence-corrected chi connectivity index (χ2v) is 8.86. The average molecular weight is 428 g/mol. The van der Waals surface area contributed by atoms with Crippen LogP contribution in [0.1, 0.15) is 31.7 Å². The topological polar surface area (TPSA) is 91.4 Å². The lowest BCUT2D eigenvalue weighted by atomic mass is 9.91. The maximum absolute atomic E-state index is 13.3. The molecule has 4 amide bonds. The summed E-state index contributed by atoms with van der Waals surface area (Å²) in [6.45, 7) is 5.65. The van der Waals surface area contributed by atoms with E-state index in [4.69, 9.17) is 9.47 Å². The lowest BCUT2D eigenvalue weighted by Gasteiger charge is -2.36. The van der Waals surface area contributed by atoms with E-state index in [0.29, 0.717) is 56.5 Å². The molecular formula is C22H28N4O5. The molecule has 0 unspecified atom stereocenters. The number of piperazine rings is 1. The van der Waals surface area contributed by atoms with Gasteiger partial charge in [-0.15, -0.1) is 0 Å². The van der Waals surface area contributed by atoms with Crippen molar-refractivity contribution in [3.8, 4) is 11.5 Å². The number of nitrogens with one attached hydrogen (secondary N) is 1. The number of hydrogen-bond acceptors (Lipinski definition) is 6. The van der Waals surface area contributed by atoms with Gasteiger partial charge in [-0.25, -0.2) is 9.69 Å². The lowest BCUT2D eigenvalue weighted by Crippen LogP contribution is -2.53. The first kappa shape index (κ1) is 20.1. The van der Waals surface area contributed by atoms with Crippen LogP contribution in [0.4, 0.5) is 4.79 Å². The minimum Gasteiger partial charge on any atom is -0.490 e. The van der Waals surface area contributed by atoms with E-state index >= 15 is 0 Å². The summed E-state index contributed by atoms with van der Waals surface area (Å²) >= 11 is 0. The van der Waals surface area contributed by atoms with Crippen LogP contribution in [0.5, 0.6) is 11.5 Å². The smallest absolute Gasteiger partial charge is 0.326 e. The van der Waals surface area contributed by atoms with Crippen LogP contribution in [0.25, 0.3) is 0 Å². The van der Waals surface area contributed by atoms with Crippen LogP contribution in [0, 0.1) is 5.92 Å². The first-order valence-corrected chi connectivity index (χ1v) is 11.0. The number of ether oxygens (including phenoxy) is 2. The summed E-state index contributed by atoms with van der Waals surface area (Å²) in [7, 11) is 0. The van der Waals surface area contributed by atoms with Gasteiger partial charge in [0, 0.05) is 38.5 Å². The summed E-state index contributed by atoms with van der Waals surface area (Å²) in [5.41, 5.74) is -0.497. The molecule has 2 saturated heterocycles. The number of carbonyl (C=O) groups is 3. The summed E-state index contributed by atoms with van der Waals surface area (Å²) in [6, 6.07) is 4.97. The number of benzene rings is 1. The van der Waals surface area contributed by atoms with Crippen LogP contribution in [0.15, 0.2) is 18.2 Å². The van der Waals surface area contributed by atoms with E-state index in [1.165, 1.54) is 4.90 Å². The van der Waals surface area contributed by atoms with Gasteiger partial charge in [0.25, 0.3) is 5.91 Å². The van der Waals surface area contributed by atoms with Crippen LogP contribution < -0.4 is 14.8 Å². The van der Waals surface area contributed by atoms with Gasteiger partial charge in [0.2, 0.25) is 5.91 Å². The summed E-state index contributed by atoms with van der Waals surface area (Å²) in [6.07, 6.45) is 2.80. The van der Waals surface area contributed by atoms with Crippen LogP contribution >= 0.6 is 0 Å². The quantitative estimate of drug-likeness (QED) is 0.723. The van der Waals surface area contributed by atoms with Gasteiger partial charge in [-0.3, -0.25) is 14.5 Å². The van der Waals surface area contributed by atoms with Crippen LogP contribution in [0.3, 0.4) is 0 Å². The van der Waals surface area contributed by atoms with E-state index in [9.17, 15) is 14.4 Å². The molecule has 1 aliphatic carbocycles. The van der Waals surface area contributed by atoms with E-state index in [2.05, 4.69) is 5.32 Å². The second-order valence-electron chi connectivity index (χ2n) is 8.86. The number of carbonyl (C=O) groups excluding carboxylic acids is 3. The molecule has 31 heavy (non-hydrogen) atoms. The van der Waals surface area contributed by atoms with Gasteiger partial charge in [0.15, 0.2) is 11.5 Å². The highest BCUT2D eigenvalue weighted by Gasteiger charge is 2.50. The van der Waals surface area contributed by atoms with Crippen molar-refractivity contribution in [2.24, 2.45) is 5.92 Å². The zero-order valence-corrected chi connectivity index (χ0v) is 17.8. The molecule has 1 atom stereocenters. The molecular weight excluding hydrogens is 400 g/mol. The SMILES string of the molecule is C[C@@]1(c2ccc3c(c2)OCCCO3)NC(=O)N(CN2CCN(C(=O)C3CC3)CC2)C1=O. The van der Waals surface area contributed by atoms with Gasteiger partial charge < -0.3 is 19.7 Å². The zero-order valence-electron chi connectivity index (χ0n) is 17.8. The highest BCUT2D eigenvalue weighted by atomic mass is 16.5. The Bertz CT molecular complexity index is 909. The van der Waals surface area contributed by atoms with Gasteiger partial charge in [0.05, 0.1) is 19.9 Å². The molecule has 3 fully saturated rings. The molecule has 1 aromatic carbocycles. The predicted molar refractivity (Wildman–Crippen MR) is 111 cm³/mol. The maximum atomic E-state index is 13.3. The van der Waals surface area contributed by atoms with E-state index in [-0.39, 0.29) is 24.4 Å². The fourth-order valence-electron chi connectivity index (χ4n) is 4.39. The normalized spacial score (nSPS) is 26.6. The predicted octanol–water partition coefficient (Wildman–Crippen LogP) is 1.13. The van der Waals surface area contributed by atoms with Crippen molar-refractivity contribution >= 4 is 17.8 Å². The van der Waals surface area contributed by atoms with Gasteiger partial charge in [-0.2, -0.15) is 0 Å². The first-order chi connectivity index (χ1) is 15.0. The summed E-state index contributed by atoms with van der Waals surface area (Å²) < 4.78 is 11.4. The van der Waals surface area contributed by atoms with Crippen molar-refractivity contribution in [2.45, 2.75) is 31.7 Å². The third-order valence-electron chi connectivity index (χ3n) is 6.55. The Morgan fingerprint density at radius 2 is 1.81 bits per heavy atom. The highest BCUT2D eigenvalue weighted by molar-refractivity contribution is 6.07. The summed E-state index contributed by atoms with van der Waals surface area (Å²) in [4.78, 5) is 43.5. The molecule has 166 valence electrons. The Kier molecular flexibility index (Phi) is 5.00. The Morgan fingerprint density at radius 1 is 1.10 bits per heavy atom. The van der Waals surface area contributed by atoms with Gasteiger partial charge in [-0.05, 0) is 37.5 Å². The summed E-state index contributed by atoms with van der Waals surface area (Å²) in [5.74, 6) is 1.42. The number of imide groups is 1. The molecule has 9 nitrogen and oxygen atoms in total. The Hall–Kier alpha value is -2.81. The average Bonchev–Trinajstić information content (AvgIpc) is 3.61. The molecule has 5 rings (SSSR count). The molecule has 0 spiro atoms.